The summed E-state index contributed by atoms with van der Waals surface area (Å²) in [5, 5.41) is 9.86. The van der Waals surface area contributed by atoms with Gasteiger partial charge in [-0.25, -0.2) is 13.1 Å². The van der Waals surface area contributed by atoms with Gasteiger partial charge < -0.3 is 9.52 Å². The molecule has 0 aliphatic rings. The van der Waals surface area contributed by atoms with Gasteiger partial charge in [-0.15, -0.1) is 0 Å². The lowest BCUT2D eigenvalue weighted by atomic mass is 10.2. The van der Waals surface area contributed by atoms with Gasteiger partial charge in [-0.3, -0.25) is 0 Å². The first-order valence-electron chi connectivity index (χ1n) is 6.72. The SMILES string of the molecule is Cc1ccc(C(O)CNS(=O)(=O)CCc2ccccc2)o1. The number of aliphatic hydroxyl groups excluding tert-OH is 1. The van der Waals surface area contributed by atoms with Crippen molar-refractivity contribution in [3.8, 4) is 0 Å². The summed E-state index contributed by atoms with van der Waals surface area (Å²) in [6.45, 7) is 1.67. The van der Waals surface area contributed by atoms with Gasteiger partial charge in [0, 0.05) is 6.54 Å². The second-order valence-electron chi connectivity index (χ2n) is 4.87. The smallest absolute Gasteiger partial charge is 0.212 e. The highest BCUT2D eigenvalue weighted by molar-refractivity contribution is 7.89. The zero-order valence-electron chi connectivity index (χ0n) is 11.8. The van der Waals surface area contributed by atoms with Crippen LogP contribution in [0.15, 0.2) is 46.9 Å². The molecule has 0 aliphatic carbocycles. The lowest BCUT2D eigenvalue weighted by Gasteiger charge is -2.10. The van der Waals surface area contributed by atoms with Crippen LogP contribution in [0.25, 0.3) is 0 Å². The number of benzene rings is 1. The molecule has 2 aromatic rings. The van der Waals surface area contributed by atoms with Gasteiger partial charge in [-0.1, -0.05) is 30.3 Å². The number of aliphatic hydroxyl groups is 1. The van der Waals surface area contributed by atoms with Crippen molar-refractivity contribution >= 4 is 10.0 Å². The minimum Gasteiger partial charge on any atom is -0.464 e. The van der Waals surface area contributed by atoms with E-state index in [1.165, 1.54) is 0 Å². The van der Waals surface area contributed by atoms with E-state index in [2.05, 4.69) is 4.72 Å². The predicted molar refractivity (Wildman–Crippen MR) is 80.3 cm³/mol. The number of aryl methyl sites for hydroxylation is 2. The van der Waals surface area contributed by atoms with E-state index in [0.717, 1.165) is 5.56 Å². The van der Waals surface area contributed by atoms with Crippen LogP contribution in [0.2, 0.25) is 0 Å². The summed E-state index contributed by atoms with van der Waals surface area (Å²) < 4.78 is 31.4. The first-order valence-corrected chi connectivity index (χ1v) is 8.37. The number of rotatable bonds is 7. The monoisotopic (exact) mass is 309 g/mol. The van der Waals surface area contributed by atoms with Crippen molar-refractivity contribution in [2.24, 2.45) is 0 Å². The Bertz CT molecular complexity index is 664. The summed E-state index contributed by atoms with van der Waals surface area (Å²) in [6, 6.07) is 12.8. The molecule has 1 unspecified atom stereocenters. The van der Waals surface area contributed by atoms with Gasteiger partial charge in [-0.2, -0.15) is 0 Å². The van der Waals surface area contributed by atoms with Gasteiger partial charge in [0.15, 0.2) is 0 Å². The molecule has 1 atom stereocenters. The Morgan fingerprint density at radius 3 is 2.52 bits per heavy atom. The topological polar surface area (TPSA) is 79.5 Å². The molecule has 5 nitrogen and oxygen atoms in total. The molecule has 0 bridgehead atoms. The Labute approximate surface area is 124 Å². The highest BCUT2D eigenvalue weighted by Gasteiger charge is 2.16. The number of hydrogen-bond acceptors (Lipinski definition) is 4. The third-order valence-electron chi connectivity index (χ3n) is 3.09. The molecule has 2 rings (SSSR count). The summed E-state index contributed by atoms with van der Waals surface area (Å²) in [6.07, 6.45) is -0.545. The zero-order chi connectivity index (χ0) is 15.3. The summed E-state index contributed by atoms with van der Waals surface area (Å²) in [7, 11) is -3.43. The van der Waals surface area contributed by atoms with Gasteiger partial charge in [0.25, 0.3) is 0 Å². The van der Waals surface area contributed by atoms with Crippen molar-refractivity contribution in [3.63, 3.8) is 0 Å². The number of nitrogens with one attached hydrogen (secondary N) is 1. The Balaban J connectivity index is 1.84. The molecular weight excluding hydrogens is 290 g/mol. The maximum absolute atomic E-state index is 11.9. The van der Waals surface area contributed by atoms with E-state index in [1.54, 1.807) is 19.1 Å². The van der Waals surface area contributed by atoms with Crippen LogP contribution in [0.1, 0.15) is 23.2 Å². The maximum atomic E-state index is 11.9. The van der Waals surface area contributed by atoms with Crippen LogP contribution in [-0.2, 0) is 16.4 Å². The Kier molecular flexibility index (Phi) is 5.17. The minimum absolute atomic E-state index is 0.0130. The summed E-state index contributed by atoms with van der Waals surface area (Å²) in [5.74, 6) is 1.02. The van der Waals surface area contributed by atoms with Crippen molar-refractivity contribution in [2.75, 3.05) is 12.3 Å². The number of furan rings is 1. The van der Waals surface area contributed by atoms with E-state index in [9.17, 15) is 13.5 Å². The molecule has 0 saturated heterocycles. The molecule has 21 heavy (non-hydrogen) atoms. The number of sulfonamides is 1. The lowest BCUT2D eigenvalue weighted by molar-refractivity contribution is 0.152. The van der Waals surface area contributed by atoms with E-state index in [4.69, 9.17) is 4.42 Å². The van der Waals surface area contributed by atoms with E-state index in [-0.39, 0.29) is 12.3 Å². The van der Waals surface area contributed by atoms with Gasteiger partial charge in [0.1, 0.15) is 17.6 Å². The average molecular weight is 309 g/mol. The van der Waals surface area contributed by atoms with Gasteiger partial charge >= 0.3 is 0 Å². The van der Waals surface area contributed by atoms with Crippen LogP contribution < -0.4 is 4.72 Å². The highest BCUT2D eigenvalue weighted by Crippen LogP contribution is 2.15. The molecular formula is C15H19NO4S. The quantitative estimate of drug-likeness (QED) is 0.817. The van der Waals surface area contributed by atoms with E-state index in [1.807, 2.05) is 30.3 Å². The molecule has 0 saturated carbocycles. The van der Waals surface area contributed by atoms with Crippen molar-refractivity contribution in [2.45, 2.75) is 19.4 Å². The predicted octanol–water partition coefficient (Wildman–Crippen LogP) is 1.78. The van der Waals surface area contributed by atoms with Crippen LogP contribution in [0, 0.1) is 6.92 Å². The molecule has 0 aliphatic heterocycles. The molecule has 1 aromatic heterocycles. The zero-order valence-corrected chi connectivity index (χ0v) is 12.6. The van der Waals surface area contributed by atoms with Gasteiger partial charge in [0.05, 0.1) is 5.75 Å². The number of hydrogen-bond donors (Lipinski definition) is 2. The van der Waals surface area contributed by atoms with Gasteiger partial charge in [-0.05, 0) is 31.0 Å². The molecule has 114 valence electrons. The standard InChI is InChI=1S/C15H19NO4S/c1-12-7-8-15(20-12)14(17)11-16-21(18,19)10-9-13-5-3-2-4-6-13/h2-8,14,16-17H,9-11H2,1H3. The molecule has 2 N–H and O–H groups in total. The second-order valence-corrected chi connectivity index (χ2v) is 6.79. The normalized spacial score (nSPS) is 13.2. The molecule has 1 heterocycles. The first-order chi connectivity index (χ1) is 9.96. The van der Waals surface area contributed by atoms with Crippen molar-refractivity contribution < 1.29 is 17.9 Å². The van der Waals surface area contributed by atoms with Crippen LogP contribution in [0.3, 0.4) is 0 Å². The second kappa shape index (κ2) is 6.89. The largest absolute Gasteiger partial charge is 0.464 e. The molecule has 6 heteroatoms. The van der Waals surface area contributed by atoms with Crippen molar-refractivity contribution in [1.82, 2.24) is 4.72 Å². The fourth-order valence-electron chi connectivity index (χ4n) is 1.91. The third-order valence-corrected chi connectivity index (χ3v) is 4.44. The summed E-state index contributed by atoms with van der Waals surface area (Å²) >= 11 is 0. The van der Waals surface area contributed by atoms with E-state index < -0.39 is 16.1 Å². The highest BCUT2D eigenvalue weighted by atomic mass is 32.2. The molecule has 0 spiro atoms. The molecule has 0 radical (unpaired) electrons. The maximum Gasteiger partial charge on any atom is 0.212 e. The van der Waals surface area contributed by atoms with Crippen LogP contribution >= 0.6 is 0 Å². The Hall–Kier alpha value is -1.63. The average Bonchev–Trinajstić information content (AvgIpc) is 2.91. The van der Waals surface area contributed by atoms with Gasteiger partial charge in [0.2, 0.25) is 10.0 Å². The van der Waals surface area contributed by atoms with E-state index in [0.29, 0.717) is 17.9 Å². The molecule has 0 fully saturated rings. The molecule has 1 aromatic carbocycles. The fraction of sp³-hybridized carbons (Fsp3) is 0.333. The lowest BCUT2D eigenvalue weighted by Crippen LogP contribution is -2.31. The Morgan fingerprint density at radius 2 is 1.90 bits per heavy atom. The van der Waals surface area contributed by atoms with Crippen LogP contribution in [0.4, 0.5) is 0 Å². The Morgan fingerprint density at radius 1 is 1.19 bits per heavy atom. The first kappa shape index (κ1) is 15.8. The molecule has 0 amide bonds. The summed E-state index contributed by atoms with van der Waals surface area (Å²) in [4.78, 5) is 0. The van der Waals surface area contributed by atoms with Crippen molar-refractivity contribution in [1.29, 1.82) is 0 Å². The van der Waals surface area contributed by atoms with Crippen molar-refractivity contribution in [3.05, 3.63) is 59.5 Å². The van der Waals surface area contributed by atoms with Crippen LogP contribution in [-0.4, -0.2) is 25.8 Å². The minimum atomic E-state index is -3.43. The summed E-state index contributed by atoms with van der Waals surface area (Å²) in [5.41, 5.74) is 0.963. The van der Waals surface area contributed by atoms with E-state index >= 15 is 0 Å². The van der Waals surface area contributed by atoms with Crippen LogP contribution in [0.5, 0.6) is 0 Å². The third kappa shape index (κ3) is 5.00. The fourth-order valence-corrected chi connectivity index (χ4v) is 2.97.